The molecule has 0 radical (unpaired) electrons. The molecule has 102 valence electrons. The van der Waals surface area contributed by atoms with Gasteiger partial charge in [-0.3, -0.25) is 0 Å². The molecule has 1 N–H and O–H groups in total. The number of esters is 1. The molecule has 3 aromatic carbocycles. The Labute approximate surface area is 122 Å². The van der Waals surface area contributed by atoms with Gasteiger partial charge in [0.05, 0.1) is 5.56 Å². The zero-order chi connectivity index (χ0) is 14.2. The van der Waals surface area contributed by atoms with Crippen LogP contribution in [0, 0.1) is 0 Å². The Morgan fingerprint density at radius 1 is 0.857 bits per heavy atom. The lowest BCUT2D eigenvalue weighted by atomic mass is 9.96. The van der Waals surface area contributed by atoms with E-state index in [1.54, 1.807) is 0 Å². The zero-order valence-electron chi connectivity index (χ0n) is 11.2. The van der Waals surface area contributed by atoms with E-state index in [0.29, 0.717) is 5.56 Å². The van der Waals surface area contributed by atoms with Crippen molar-refractivity contribution in [3.63, 3.8) is 0 Å². The van der Waals surface area contributed by atoms with Crippen LogP contribution in [-0.4, -0.2) is 5.97 Å². The van der Waals surface area contributed by atoms with E-state index in [2.05, 4.69) is 5.32 Å². The maximum absolute atomic E-state index is 12.2. The van der Waals surface area contributed by atoms with Gasteiger partial charge in [-0.05, 0) is 23.6 Å². The molecule has 1 aliphatic heterocycles. The SMILES string of the molecule is O=C1OC(Nc2ccccc2)c2cccc3cccc1c23. The first-order valence-corrected chi connectivity index (χ1v) is 6.87. The van der Waals surface area contributed by atoms with Crippen LogP contribution in [-0.2, 0) is 4.74 Å². The first kappa shape index (κ1) is 12.0. The summed E-state index contributed by atoms with van der Waals surface area (Å²) in [5, 5.41) is 5.30. The topological polar surface area (TPSA) is 38.3 Å². The van der Waals surface area contributed by atoms with Crippen molar-refractivity contribution in [1.82, 2.24) is 0 Å². The zero-order valence-corrected chi connectivity index (χ0v) is 11.2. The molecule has 3 heteroatoms. The number of ether oxygens (including phenoxy) is 1. The van der Waals surface area contributed by atoms with Crippen molar-refractivity contribution in [2.75, 3.05) is 5.32 Å². The normalized spacial score (nSPS) is 16.6. The molecule has 0 saturated heterocycles. The van der Waals surface area contributed by atoms with E-state index in [1.165, 1.54) is 0 Å². The highest BCUT2D eigenvalue weighted by atomic mass is 16.6. The highest BCUT2D eigenvalue weighted by Crippen LogP contribution is 2.35. The largest absolute Gasteiger partial charge is 0.434 e. The number of anilines is 1. The number of cyclic esters (lactones) is 1. The Hall–Kier alpha value is -2.81. The van der Waals surface area contributed by atoms with Gasteiger partial charge < -0.3 is 10.1 Å². The summed E-state index contributed by atoms with van der Waals surface area (Å²) < 4.78 is 5.56. The predicted octanol–water partition coefficient (Wildman–Crippen LogP) is 4.12. The molecule has 0 fully saturated rings. The van der Waals surface area contributed by atoms with E-state index < -0.39 is 6.23 Å². The number of benzene rings is 3. The van der Waals surface area contributed by atoms with Gasteiger partial charge in [-0.2, -0.15) is 0 Å². The Kier molecular flexibility index (Phi) is 2.64. The highest BCUT2D eigenvalue weighted by Gasteiger charge is 2.28. The number of hydrogen-bond donors (Lipinski definition) is 1. The van der Waals surface area contributed by atoms with E-state index >= 15 is 0 Å². The summed E-state index contributed by atoms with van der Waals surface area (Å²) in [7, 11) is 0. The van der Waals surface area contributed by atoms with Crippen LogP contribution in [0.2, 0.25) is 0 Å². The molecule has 3 nitrogen and oxygen atoms in total. The molecule has 3 aromatic rings. The van der Waals surface area contributed by atoms with E-state index in [4.69, 9.17) is 4.74 Å². The summed E-state index contributed by atoms with van der Waals surface area (Å²) in [6.45, 7) is 0. The molecule has 1 aliphatic rings. The first-order valence-electron chi connectivity index (χ1n) is 6.87. The fourth-order valence-corrected chi connectivity index (χ4v) is 2.79. The quantitative estimate of drug-likeness (QED) is 0.715. The second-order valence-electron chi connectivity index (χ2n) is 5.05. The van der Waals surface area contributed by atoms with Crippen LogP contribution in [0.5, 0.6) is 0 Å². The fraction of sp³-hybridized carbons (Fsp3) is 0.0556. The van der Waals surface area contributed by atoms with Crippen molar-refractivity contribution < 1.29 is 9.53 Å². The van der Waals surface area contributed by atoms with Crippen LogP contribution in [0.15, 0.2) is 66.7 Å². The Bertz CT molecular complexity index is 822. The van der Waals surface area contributed by atoms with Crippen LogP contribution in [0.25, 0.3) is 10.8 Å². The van der Waals surface area contributed by atoms with Crippen molar-refractivity contribution in [3.8, 4) is 0 Å². The number of carbonyl (C=O) groups excluding carboxylic acids is 1. The number of carbonyl (C=O) groups is 1. The average Bonchev–Trinajstić information content (AvgIpc) is 2.53. The minimum absolute atomic E-state index is 0.285. The summed E-state index contributed by atoms with van der Waals surface area (Å²) in [5.41, 5.74) is 2.55. The maximum atomic E-state index is 12.2. The number of hydrogen-bond acceptors (Lipinski definition) is 3. The third kappa shape index (κ3) is 1.94. The van der Waals surface area contributed by atoms with Crippen LogP contribution in [0.1, 0.15) is 22.1 Å². The summed E-state index contributed by atoms with van der Waals surface area (Å²) >= 11 is 0. The fourth-order valence-electron chi connectivity index (χ4n) is 2.79. The number of rotatable bonds is 2. The molecule has 1 atom stereocenters. The van der Waals surface area contributed by atoms with Gasteiger partial charge in [-0.1, -0.05) is 48.5 Å². The molecule has 0 saturated carbocycles. The van der Waals surface area contributed by atoms with Gasteiger partial charge in [-0.15, -0.1) is 0 Å². The summed E-state index contributed by atoms with van der Waals surface area (Å²) in [6, 6.07) is 21.5. The Morgan fingerprint density at radius 2 is 1.62 bits per heavy atom. The van der Waals surface area contributed by atoms with Gasteiger partial charge in [0.1, 0.15) is 0 Å². The second kappa shape index (κ2) is 4.63. The second-order valence-corrected chi connectivity index (χ2v) is 5.05. The highest BCUT2D eigenvalue weighted by molar-refractivity contribution is 6.07. The van der Waals surface area contributed by atoms with Gasteiger partial charge in [0.15, 0.2) is 0 Å². The molecule has 1 heterocycles. The van der Waals surface area contributed by atoms with Crippen molar-refractivity contribution in [3.05, 3.63) is 77.9 Å². The summed E-state index contributed by atoms with van der Waals surface area (Å²) in [6.07, 6.45) is -0.460. The maximum Gasteiger partial charge on any atom is 0.340 e. The minimum atomic E-state index is -0.460. The molecule has 0 aliphatic carbocycles. The first-order chi connectivity index (χ1) is 10.3. The van der Waals surface area contributed by atoms with Crippen LogP contribution in [0.3, 0.4) is 0 Å². The third-order valence-corrected chi connectivity index (χ3v) is 3.74. The Balaban J connectivity index is 1.85. The molecule has 0 spiro atoms. The third-order valence-electron chi connectivity index (χ3n) is 3.74. The van der Waals surface area contributed by atoms with Crippen molar-refractivity contribution >= 4 is 22.4 Å². The number of para-hydroxylation sites is 1. The molecule has 0 amide bonds. The smallest absolute Gasteiger partial charge is 0.340 e. The molecule has 0 aromatic heterocycles. The van der Waals surface area contributed by atoms with E-state index in [-0.39, 0.29) is 5.97 Å². The predicted molar refractivity (Wildman–Crippen MR) is 82.2 cm³/mol. The van der Waals surface area contributed by atoms with Crippen LogP contribution >= 0.6 is 0 Å². The van der Waals surface area contributed by atoms with E-state index in [9.17, 15) is 4.79 Å². The van der Waals surface area contributed by atoms with Gasteiger partial charge >= 0.3 is 5.97 Å². The molecule has 1 unspecified atom stereocenters. The van der Waals surface area contributed by atoms with Gasteiger partial charge in [-0.25, -0.2) is 4.79 Å². The van der Waals surface area contributed by atoms with Gasteiger partial charge in [0, 0.05) is 16.6 Å². The van der Waals surface area contributed by atoms with E-state index in [1.807, 2.05) is 66.7 Å². The molecule has 0 bridgehead atoms. The van der Waals surface area contributed by atoms with Crippen molar-refractivity contribution in [2.24, 2.45) is 0 Å². The average molecular weight is 275 g/mol. The van der Waals surface area contributed by atoms with Crippen molar-refractivity contribution in [1.29, 1.82) is 0 Å². The molecule has 21 heavy (non-hydrogen) atoms. The van der Waals surface area contributed by atoms with Crippen LogP contribution < -0.4 is 5.32 Å². The lowest BCUT2D eigenvalue weighted by Crippen LogP contribution is -2.23. The molecular weight excluding hydrogens is 262 g/mol. The van der Waals surface area contributed by atoms with Crippen LogP contribution in [0.4, 0.5) is 5.69 Å². The lowest BCUT2D eigenvalue weighted by Gasteiger charge is -2.27. The lowest BCUT2D eigenvalue weighted by molar-refractivity contribution is 0.0344. The van der Waals surface area contributed by atoms with Crippen molar-refractivity contribution in [2.45, 2.75) is 6.23 Å². The number of nitrogens with one attached hydrogen (secondary N) is 1. The summed E-state index contributed by atoms with van der Waals surface area (Å²) in [5.74, 6) is -0.285. The monoisotopic (exact) mass is 275 g/mol. The van der Waals surface area contributed by atoms with Gasteiger partial charge in [0.2, 0.25) is 6.23 Å². The molecule has 4 rings (SSSR count). The standard InChI is InChI=1S/C18H13NO2/c20-18-15-11-5-7-12-6-4-10-14(16(12)15)17(21-18)19-13-8-2-1-3-9-13/h1-11,17,19H. The van der Waals surface area contributed by atoms with E-state index in [0.717, 1.165) is 22.0 Å². The summed E-state index contributed by atoms with van der Waals surface area (Å²) in [4.78, 5) is 12.2. The minimum Gasteiger partial charge on any atom is -0.434 e. The Morgan fingerprint density at radius 3 is 2.43 bits per heavy atom. The van der Waals surface area contributed by atoms with Gasteiger partial charge in [0.25, 0.3) is 0 Å². The molecular formula is C18H13NO2.